The summed E-state index contributed by atoms with van der Waals surface area (Å²) >= 11 is 0. The monoisotopic (exact) mass is 228 g/mol. The molecule has 0 heterocycles. The molecule has 0 aliphatic rings. The van der Waals surface area contributed by atoms with Crippen molar-refractivity contribution in [2.45, 2.75) is 65.7 Å². The highest BCUT2D eigenvalue weighted by molar-refractivity contribution is 5.71. The van der Waals surface area contributed by atoms with Crippen molar-refractivity contribution in [1.82, 2.24) is 0 Å². The third kappa shape index (κ3) is 7.72. The van der Waals surface area contributed by atoms with Gasteiger partial charge >= 0.3 is 5.97 Å². The van der Waals surface area contributed by atoms with Gasteiger partial charge in [0.25, 0.3) is 0 Å². The lowest BCUT2D eigenvalue weighted by molar-refractivity contribution is -0.145. The summed E-state index contributed by atoms with van der Waals surface area (Å²) in [5.74, 6) is 0.794. The second kappa shape index (κ2) is 9.68. The highest BCUT2D eigenvalue weighted by Gasteiger charge is 2.12. The van der Waals surface area contributed by atoms with Crippen molar-refractivity contribution in [3.63, 3.8) is 0 Å². The van der Waals surface area contributed by atoms with Gasteiger partial charge in [-0.2, -0.15) is 0 Å². The van der Waals surface area contributed by atoms with Gasteiger partial charge < -0.3 is 4.74 Å². The predicted molar refractivity (Wildman–Crippen MR) is 68.3 cm³/mol. The van der Waals surface area contributed by atoms with Gasteiger partial charge in [0.1, 0.15) is 0 Å². The molecule has 0 radical (unpaired) electrons. The second-order valence-electron chi connectivity index (χ2n) is 4.96. The molecule has 0 N–H and O–H groups in total. The van der Waals surface area contributed by atoms with Crippen molar-refractivity contribution < 1.29 is 9.53 Å². The quantitative estimate of drug-likeness (QED) is 0.437. The van der Waals surface area contributed by atoms with Crippen molar-refractivity contribution in [2.75, 3.05) is 7.11 Å². The molecule has 0 fully saturated rings. The van der Waals surface area contributed by atoms with Crippen LogP contribution in [0.4, 0.5) is 0 Å². The number of unbranched alkanes of at least 4 members (excludes halogenated alkanes) is 2. The standard InChI is InChI=1S/C14H28O2/c1-5-6-7-9-12(2)10-8-11-13(3)14(15)16-4/h12-13H,5-11H2,1-4H3/t12-,13+/m0/s1. The van der Waals surface area contributed by atoms with E-state index in [9.17, 15) is 4.79 Å². The molecule has 96 valence electrons. The van der Waals surface area contributed by atoms with Crippen LogP contribution in [0.1, 0.15) is 65.7 Å². The number of esters is 1. The highest BCUT2D eigenvalue weighted by Crippen LogP contribution is 2.18. The fourth-order valence-electron chi connectivity index (χ4n) is 1.98. The number of hydrogen-bond acceptors (Lipinski definition) is 2. The highest BCUT2D eigenvalue weighted by atomic mass is 16.5. The molecular formula is C14H28O2. The summed E-state index contributed by atoms with van der Waals surface area (Å²) in [5.41, 5.74) is 0. The fraction of sp³-hybridized carbons (Fsp3) is 0.929. The Labute approximate surface area is 101 Å². The van der Waals surface area contributed by atoms with E-state index < -0.39 is 0 Å². The van der Waals surface area contributed by atoms with Gasteiger partial charge in [-0.05, 0) is 12.3 Å². The first-order chi connectivity index (χ1) is 7.61. The Morgan fingerprint density at radius 1 is 1.06 bits per heavy atom. The Kier molecular flexibility index (Phi) is 9.36. The molecule has 0 aromatic carbocycles. The predicted octanol–water partition coefficient (Wildman–Crippen LogP) is 4.18. The molecule has 0 aliphatic heterocycles. The minimum atomic E-state index is -0.0707. The first-order valence-corrected chi connectivity index (χ1v) is 6.69. The van der Waals surface area contributed by atoms with Gasteiger partial charge in [0.15, 0.2) is 0 Å². The Morgan fingerprint density at radius 2 is 1.69 bits per heavy atom. The van der Waals surface area contributed by atoms with E-state index in [1.54, 1.807) is 0 Å². The molecule has 0 aromatic heterocycles. The van der Waals surface area contributed by atoms with E-state index in [0.29, 0.717) is 0 Å². The van der Waals surface area contributed by atoms with Crippen LogP contribution in [0.2, 0.25) is 0 Å². The molecule has 0 spiro atoms. The van der Waals surface area contributed by atoms with Gasteiger partial charge in [0, 0.05) is 0 Å². The lowest BCUT2D eigenvalue weighted by atomic mass is 9.95. The largest absolute Gasteiger partial charge is 0.469 e. The molecule has 0 bridgehead atoms. The second-order valence-corrected chi connectivity index (χ2v) is 4.96. The minimum Gasteiger partial charge on any atom is -0.469 e. The number of hydrogen-bond donors (Lipinski definition) is 0. The molecule has 0 aliphatic carbocycles. The Balaban J connectivity index is 3.46. The van der Waals surface area contributed by atoms with Gasteiger partial charge in [-0.3, -0.25) is 4.79 Å². The summed E-state index contributed by atoms with van der Waals surface area (Å²) < 4.78 is 4.71. The average Bonchev–Trinajstić information content (AvgIpc) is 2.28. The zero-order valence-corrected chi connectivity index (χ0v) is 11.4. The summed E-state index contributed by atoms with van der Waals surface area (Å²) in [6.07, 6.45) is 8.68. The van der Waals surface area contributed by atoms with Gasteiger partial charge in [-0.15, -0.1) is 0 Å². The van der Waals surface area contributed by atoms with Crippen LogP contribution in [0.15, 0.2) is 0 Å². The molecule has 0 rings (SSSR count). The molecular weight excluding hydrogens is 200 g/mol. The maximum Gasteiger partial charge on any atom is 0.308 e. The first kappa shape index (κ1) is 15.5. The van der Waals surface area contributed by atoms with Gasteiger partial charge in [0.05, 0.1) is 13.0 Å². The summed E-state index contributed by atoms with van der Waals surface area (Å²) in [5, 5.41) is 0. The molecule has 0 saturated carbocycles. The molecule has 2 atom stereocenters. The van der Waals surface area contributed by atoms with Crippen LogP contribution in [-0.2, 0) is 9.53 Å². The Morgan fingerprint density at radius 3 is 2.25 bits per heavy atom. The summed E-state index contributed by atoms with van der Waals surface area (Å²) in [6, 6.07) is 0. The smallest absolute Gasteiger partial charge is 0.308 e. The summed E-state index contributed by atoms with van der Waals surface area (Å²) in [4.78, 5) is 11.2. The number of ether oxygens (including phenoxy) is 1. The van der Waals surface area contributed by atoms with E-state index in [4.69, 9.17) is 4.74 Å². The van der Waals surface area contributed by atoms with Crippen molar-refractivity contribution in [1.29, 1.82) is 0 Å². The van der Waals surface area contributed by atoms with Gasteiger partial charge in [-0.1, -0.05) is 59.3 Å². The van der Waals surface area contributed by atoms with Crippen LogP contribution in [0.25, 0.3) is 0 Å². The van der Waals surface area contributed by atoms with E-state index in [2.05, 4.69) is 13.8 Å². The van der Waals surface area contributed by atoms with Crippen LogP contribution in [0.5, 0.6) is 0 Å². The minimum absolute atomic E-state index is 0.0628. The summed E-state index contributed by atoms with van der Waals surface area (Å²) in [7, 11) is 1.46. The molecule has 0 saturated heterocycles. The number of carbonyl (C=O) groups is 1. The normalized spacial score (nSPS) is 14.5. The fourth-order valence-corrected chi connectivity index (χ4v) is 1.98. The van der Waals surface area contributed by atoms with Crippen LogP contribution < -0.4 is 0 Å². The van der Waals surface area contributed by atoms with Crippen molar-refractivity contribution in [3.8, 4) is 0 Å². The maximum atomic E-state index is 11.2. The zero-order chi connectivity index (χ0) is 12.4. The van der Waals surface area contributed by atoms with E-state index >= 15 is 0 Å². The molecule has 0 amide bonds. The van der Waals surface area contributed by atoms with Crippen LogP contribution in [0, 0.1) is 11.8 Å². The number of rotatable bonds is 9. The van der Waals surface area contributed by atoms with Crippen molar-refractivity contribution in [3.05, 3.63) is 0 Å². The summed E-state index contributed by atoms with van der Waals surface area (Å²) in [6.45, 7) is 6.51. The zero-order valence-electron chi connectivity index (χ0n) is 11.4. The lowest BCUT2D eigenvalue weighted by Crippen LogP contribution is -2.12. The molecule has 0 unspecified atom stereocenters. The number of carbonyl (C=O) groups excluding carboxylic acids is 1. The Bertz CT molecular complexity index is 178. The molecule has 2 nitrogen and oxygen atoms in total. The lowest BCUT2D eigenvalue weighted by Gasteiger charge is -2.12. The van der Waals surface area contributed by atoms with E-state index in [0.717, 1.165) is 18.8 Å². The van der Waals surface area contributed by atoms with E-state index in [-0.39, 0.29) is 11.9 Å². The van der Waals surface area contributed by atoms with Crippen LogP contribution in [0.3, 0.4) is 0 Å². The Hall–Kier alpha value is -0.530. The van der Waals surface area contributed by atoms with Crippen molar-refractivity contribution in [2.24, 2.45) is 11.8 Å². The average molecular weight is 228 g/mol. The first-order valence-electron chi connectivity index (χ1n) is 6.69. The van der Waals surface area contributed by atoms with E-state index in [1.807, 2.05) is 6.92 Å². The third-order valence-electron chi connectivity index (χ3n) is 3.24. The van der Waals surface area contributed by atoms with Gasteiger partial charge in [0.2, 0.25) is 0 Å². The van der Waals surface area contributed by atoms with Gasteiger partial charge in [-0.25, -0.2) is 0 Å². The van der Waals surface area contributed by atoms with E-state index in [1.165, 1.54) is 39.2 Å². The topological polar surface area (TPSA) is 26.3 Å². The van der Waals surface area contributed by atoms with Crippen LogP contribution in [-0.4, -0.2) is 13.1 Å². The van der Waals surface area contributed by atoms with Crippen LogP contribution >= 0.6 is 0 Å². The van der Waals surface area contributed by atoms with Crippen molar-refractivity contribution >= 4 is 5.97 Å². The molecule has 2 heteroatoms. The maximum absolute atomic E-state index is 11.2. The molecule has 0 aromatic rings. The molecule has 16 heavy (non-hydrogen) atoms. The third-order valence-corrected chi connectivity index (χ3v) is 3.24. The number of methoxy groups -OCH3 is 1. The SMILES string of the molecule is CCCCC[C@H](C)CCC[C@@H](C)C(=O)OC.